The molecule has 1 aliphatic rings. The van der Waals surface area contributed by atoms with E-state index in [1.54, 1.807) is 26.0 Å². The number of fused-ring (bicyclic) bond motifs is 1. The lowest BCUT2D eigenvalue weighted by atomic mass is 9.95. The molecule has 6 nitrogen and oxygen atoms in total. The van der Waals surface area contributed by atoms with Crippen molar-refractivity contribution in [2.24, 2.45) is 11.8 Å². The first-order valence-corrected chi connectivity index (χ1v) is 6.82. The van der Waals surface area contributed by atoms with E-state index in [2.05, 4.69) is 21.2 Å². The number of carbonyl (C=O) groups excluding carboxylic acids is 1. The zero-order chi connectivity index (χ0) is 14.9. The molecule has 7 heteroatoms. The number of carboxylic acids is 1. The fourth-order valence-electron chi connectivity index (χ4n) is 1.96. The van der Waals surface area contributed by atoms with Crippen LogP contribution in [-0.2, 0) is 9.59 Å². The number of anilines is 1. The van der Waals surface area contributed by atoms with E-state index in [1.807, 2.05) is 0 Å². The fraction of sp³-hybridized carbons (Fsp3) is 0.385. The maximum Gasteiger partial charge on any atom is 0.316 e. The molecule has 0 bridgehead atoms. The second-order valence-electron chi connectivity index (χ2n) is 4.74. The smallest absolute Gasteiger partial charge is 0.316 e. The standard InChI is InChI=1S/C13H14BrNO5/c1-6(2)10(13(17)18)12(16)15-7-3-8(14)11-9(4-7)19-5-20-11/h3-4,6,10H,5H2,1-2H3,(H,15,16)(H,17,18). The molecule has 108 valence electrons. The molecule has 0 aromatic heterocycles. The van der Waals surface area contributed by atoms with Gasteiger partial charge in [0.15, 0.2) is 11.5 Å². The van der Waals surface area contributed by atoms with Crippen molar-refractivity contribution in [3.05, 3.63) is 16.6 Å². The van der Waals surface area contributed by atoms with E-state index < -0.39 is 17.8 Å². The lowest BCUT2D eigenvalue weighted by molar-refractivity contribution is -0.147. The van der Waals surface area contributed by atoms with Crippen molar-refractivity contribution in [3.63, 3.8) is 0 Å². The van der Waals surface area contributed by atoms with Crippen LogP contribution in [0.4, 0.5) is 5.69 Å². The summed E-state index contributed by atoms with van der Waals surface area (Å²) in [5.74, 6) is -2.02. The number of amides is 1. The number of carboxylic acid groups (broad SMARTS) is 1. The molecule has 0 saturated carbocycles. The van der Waals surface area contributed by atoms with Gasteiger partial charge in [-0.3, -0.25) is 9.59 Å². The Hall–Kier alpha value is -1.76. The van der Waals surface area contributed by atoms with Gasteiger partial charge in [-0.2, -0.15) is 0 Å². The molecule has 1 amide bonds. The summed E-state index contributed by atoms with van der Waals surface area (Å²) in [6.45, 7) is 3.50. The molecule has 0 radical (unpaired) electrons. The molecular weight excluding hydrogens is 330 g/mol. The number of benzene rings is 1. The van der Waals surface area contributed by atoms with Gasteiger partial charge in [0.1, 0.15) is 5.92 Å². The first-order chi connectivity index (χ1) is 9.40. The Morgan fingerprint density at radius 1 is 1.35 bits per heavy atom. The van der Waals surface area contributed by atoms with Gasteiger partial charge in [0.2, 0.25) is 12.7 Å². The minimum absolute atomic E-state index is 0.120. The molecular formula is C13H14BrNO5. The summed E-state index contributed by atoms with van der Waals surface area (Å²) >= 11 is 3.31. The largest absolute Gasteiger partial charge is 0.481 e. The van der Waals surface area contributed by atoms with Gasteiger partial charge in [-0.15, -0.1) is 0 Å². The van der Waals surface area contributed by atoms with Gasteiger partial charge in [0.05, 0.1) is 4.47 Å². The van der Waals surface area contributed by atoms with Gasteiger partial charge in [0, 0.05) is 11.8 Å². The highest BCUT2D eigenvalue weighted by atomic mass is 79.9. The van der Waals surface area contributed by atoms with Gasteiger partial charge in [0.25, 0.3) is 0 Å². The number of hydrogen-bond acceptors (Lipinski definition) is 4. The molecule has 2 N–H and O–H groups in total. The SMILES string of the molecule is CC(C)C(C(=O)O)C(=O)Nc1cc(Br)c2c(c1)OCO2. The third-order valence-corrected chi connectivity index (χ3v) is 3.50. The van der Waals surface area contributed by atoms with Crippen molar-refractivity contribution in [1.82, 2.24) is 0 Å². The summed E-state index contributed by atoms with van der Waals surface area (Å²) in [5, 5.41) is 11.7. The van der Waals surface area contributed by atoms with Crippen molar-refractivity contribution < 1.29 is 24.2 Å². The van der Waals surface area contributed by atoms with Gasteiger partial charge in [-0.25, -0.2) is 0 Å². The fourth-order valence-corrected chi connectivity index (χ4v) is 2.52. The second kappa shape index (κ2) is 5.70. The molecule has 1 aromatic carbocycles. The Morgan fingerprint density at radius 3 is 2.65 bits per heavy atom. The van der Waals surface area contributed by atoms with Gasteiger partial charge < -0.3 is 19.9 Å². The minimum atomic E-state index is -1.14. The van der Waals surface area contributed by atoms with Gasteiger partial charge >= 0.3 is 5.97 Å². The zero-order valence-electron chi connectivity index (χ0n) is 11.0. The molecule has 0 fully saturated rings. The van der Waals surface area contributed by atoms with Crippen LogP contribution in [0.25, 0.3) is 0 Å². The first kappa shape index (κ1) is 14.6. The Bertz CT molecular complexity index is 558. The molecule has 1 aromatic rings. The predicted octanol–water partition coefficient (Wildman–Crippen LogP) is 2.47. The van der Waals surface area contributed by atoms with Gasteiger partial charge in [-0.05, 0) is 27.9 Å². The van der Waals surface area contributed by atoms with Crippen LogP contribution in [0.15, 0.2) is 16.6 Å². The molecule has 0 spiro atoms. The average molecular weight is 344 g/mol. The number of carbonyl (C=O) groups is 2. The summed E-state index contributed by atoms with van der Waals surface area (Å²) in [6, 6.07) is 3.24. The lowest BCUT2D eigenvalue weighted by Crippen LogP contribution is -2.33. The topological polar surface area (TPSA) is 84.9 Å². The summed E-state index contributed by atoms with van der Waals surface area (Å²) < 4.78 is 11.1. The van der Waals surface area contributed by atoms with Crippen LogP contribution in [0, 0.1) is 11.8 Å². The molecule has 20 heavy (non-hydrogen) atoms. The molecule has 1 heterocycles. The highest BCUT2D eigenvalue weighted by molar-refractivity contribution is 9.10. The lowest BCUT2D eigenvalue weighted by Gasteiger charge is -2.16. The summed E-state index contributed by atoms with van der Waals surface area (Å²) in [5.41, 5.74) is 0.457. The molecule has 1 unspecified atom stereocenters. The van der Waals surface area contributed by atoms with Crippen LogP contribution in [-0.4, -0.2) is 23.8 Å². The Balaban J connectivity index is 2.20. The molecule has 0 saturated heterocycles. The molecule has 0 aliphatic carbocycles. The van der Waals surface area contributed by atoms with Crippen LogP contribution in [0.1, 0.15) is 13.8 Å². The maximum atomic E-state index is 12.0. The Kier molecular flexibility index (Phi) is 4.17. The number of nitrogens with one attached hydrogen (secondary N) is 1. The Morgan fingerprint density at radius 2 is 2.05 bits per heavy atom. The zero-order valence-corrected chi connectivity index (χ0v) is 12.6. The van der Waals surface area contributed by atoms with Crippen LogP contribution >= 0.6 is 15.9 Å². The van der Waals surface area contributed by atoms with Crippen LogP contribution in [0.3, 0.4) is 0 Å². The van der Waals surface area contributed by atoms with Crippen LogP contribution < -0.4 is 14.8 Å². The van der Waals surface area contributed by atoms with E-state index in [9.17, 15) is 9.59 Å². The number of rotatable bonds is 4. The molecule has 1 atom stereocenters. The predicted molar refractivity (Wildman–Crippen MR) is 74.9 cm³/mol. The van der Waals surface area contributed by atoms with E-state index in [0.717, 1.165) is 0 Å². The quantitative estimate of drug-likeness (QED) is 0.820. The third kappa shape index (κ3) is 2.87. The average Bonchev–Trinajstić information content (AvgIpc) is 2.75. The van der Waals surface area contributed by atoms with E-state index in [1.165, 1.54) is 0 Å². The second-order valence-corrected chi connectivity index (χ2v) is 5.60. The number of hydrogen-bond donors (Lipinski definition) is 2. The van der Waals surface area contributed by atoms with Crippen molar-refractivity contribution in [3.8, 4) is 11.5 Å². The highest BCUT2D eigenvalue weighted by Gasteiger charge is 2.30. The third-order valence-electron chi connectivity index (χ3n) is 2.91. The summed E-state index contributed by atoms with van der Waals surface area (Å²) in [4.78, 5) is 23.1. The van der Waals surface area contributed by atoms with Crippen molar-refractivity contribution in [2.75, 3.05) is 12.1 Å². The highest BCUT2D eigenvalue weighted by Crippen LogP contribution is 2.41. The van der Waals surface area contributed by atoms with E-state index in [0.29, 0.717) is 21.7 Å². The van der Waals surface area contributed by atoms with Crippen molar-refractivity contribution in [2.45, 2.75) is 13.8 Å². The number of ether oxygens (including phenoxy) is 2. The van der Waals surface area contributed by atoms with E-state index in [4.69, 9.17) is 14.6 Å². The van der Waals surface area contributed by atoms with Gasteiger partial charge in [-0.1, -0.05) is 13.8 Å². The summed E-state index contributed by atoms with van der Waals surface area (Å²) in [7, 11) is 0. The maximum absolute atomic E-state index is 12.0. The minimum Gasteiger partial charge on any atom is -0.481 e. The van der Waals surface area contributed by atoms with Crippen LogP contribution in [0.5, 0.6) is 11.5 Å². The molecule has 2 rings (SSSR count). The molecule has 1 aliphatic heterocycles. The normalized spacial score (nSPS) is 14.2. The van der Waals surface area contributed by atoms with Crippen molar-refractivity contribution in [1.29, 1.82) is 0 Å². The Labute approximate surface area is 124 Å². The summed E-state index contributed by atoms with van der Waals surface area (Å²) in [6.07, 6.45) is 0. The van der Waals surface area contributed by atoms with Crippen LogP contribution in [0.2, 0.25) is 0 Å². The number of halogens is 1. The van der Waals surface area contributed by atoms with E-state index in [-0.39, 0.29) is 12.7 Å². The first-order valence-electron chi connectivity index (χ1n) is 6.03. The van der Waals surface area contributed by atoms with Crippen molar-refractivity contribution >= 4 is 33.5 Å². The number of aliphatic carboxylic acids is 1. The monoisotopic (exact) mass is 343 g/mol. The van der Waals surface area contributed by atoms with E-state index >= 15 is 0 Å².